The van der Waals surface area contributed by atoms with Crippen LogP contribution in [-0.4, -0.2) is 23.8 Å². The second kappa shape index (κ2) is 8.44. The molecular formula is C24H32O2Si. The van der Waals surface area contributed by atoms with Crippen molar-refractivity contribution in [1.82, 2.24) is 0 Å². The van der Waals surface area contributed by atoms with E-state index in [0.717, 1.165) is 16.8 Å². The summed E-state index contributed by atoms with van der Waals surface area (Å²) in [5.74, 6) is 5.80. The quantitative estimate of drug-likeness (QED) is 0.568. The van der Waals surface area contributed by atoms with Gasteiger partial charge in [-0.05, 0) is 48.0 Å². The monoisotopic (exact) mass is 380 g/mol. The topological polar surface area (TPSA) is 40.5 Å². The third-order valence-corrected chi connectivity index (χ3v) is 10.3. The van der Waals surface area contributed by atoms with Gasteiger partial charge in [0.25, 0.3) is 8.32 Å². The van der Waals surface area contributed by atoms with E-state index in [4.69, 9.17) is 0 Å². The van der Waals surface area contributed by atoms with Crippen molar-refractivity contribution in [3.05, 3.63) is 60.7 Å². The van der Waals surface area contributed by atoms with Crippen molar-refractivity contribution in [1.29, 1.82) is 0 Å². The first-order valence-electron chi connectivity index (χ1n) is 9.68. The lowest BCUT2D eigenvalue weighted by Crippen LogP contribution is -2.66. The van der Waals surface area contributed by atoms with Gasteiger partial charge in [0.15, 0.2) is 0 Å². The minimum atomic E-state index is -3.07. The van der Waals surface area contributed by atoms with Gasteiger partial charge in [-0.1, -0.05) is 87.4 Å². The average molecular weight is 381 g/mol. The summed E-state index contributed by atoms with van der Waals surface area (Å²) in [6.07, 6.45) is 1.50. The molecule has 0 aliphatic carbocycles. The van der Waals surface area contributed by atoms with E-state index in [2.05, 4.69) is 32.6 Å². The van der Waals surface area contributed by atoms with Crippen LogP contribution in [-0.2, 0) is 0 Å². The molecule has 0 aromatic heterocycles. The first kappa shape index (κ1) is 21.4. The lowest BCUT2D eigenvalue weighted by Gasteiger charge is -2.44. The molecule has 2 atom stereocenters. The van der Waals surface area contributed by atoms with Crippen LogP contribution in [0.15, 0.2) is 60.7 Å². The molecule has 2 N–H and O–H groups in total. The van der Waals surface area contributed by atoms with Crippen molar-refractivity contribution in [2.24, 2.45) is 5.92 Å². The Kier molecular flexibility index (Phi) is 6.70. The molecule has 0 saturated heterocycles. The predicted molar refractivity (Wildman–Crippen MR) is 117 cm³/mol. The van der Waals surface area contributed by atoms with E-state index in [9.17, 15) is 9.90 Å². The average Bonchev–Trinajstić information content (AvgIpc) is 2.66. The third kappa shape index (κ3) is 4.35. The normalized spacial score (nSPS) is 15.4. The molecule has 2 rings (SSSR count). The Labute approximate surface area is 165 Å². The van der Waals surface area contributed by atoms with Crippen LogP contribution in [0.25, 0.3) is 0 Å². The number of aliphatic hydroxyl groups is 1. The van der Waals surface area contributed by atoms with E-state index >= 15 is 0 Å². The van der Waals surface area contributed by atoms with Gasteiger partial charge in [-0.15, -0.1) is 5.92 Å². The Morgan fingerprint density at radius 1 is 0.926 bits per heavy atom. The summed E-state index contributed by atoms with van der Waals surface area (Å²) in [5, 5.41) is 12.5. The molecule has 0 amide bonds. The van der Waals surface area contributed by atoms with Crippen LogP contribution in [0.3, 0.4) is 0 Å². The number of benzene rings is 2. The summed E-state index contributed by atoms with van der Waals surface area (Å²) in [5.41, 5.74) is -1.07. The fourth-order valence-electron chi connectivity index (χ4n) is 4.17. The van der Waals surface area contributed by atoms with Gasteiger partial charge in [-0.2, -0.15) is 0 Å². The molecule has 1 unspecified atom stereocenters. The molecule has 2 aromatic rings. The van der Waals surface area contributed by atoms with Gasteiger partial charge in [-0.25, -0.2) is 0 Å². The summed E-state index contributed by atoms with van der Waals surface area (Å²) in [6.45, 7) is 9.90. The molecule has 0 saturated carbocycles. The molecule has 0 bridgehead atoms. The Morgan fingerprint density at radius 3 is 1.74 bits per heavy atom. The van der Waals surface area contributed by atoms with E-state index in [1.165, 1.54) is 0 Å². The second-order valence-electron chi connectivity index (χ2n) is 8.16. The van der Waals surface area contributed by atoms with Crippen LogP contribution in [0.5, 0.6) is 0 Å². The molecule has 144 valence electrons. The van der Waals surface area contributed by atoms with Gasteiger partial charge in [0.05, 0.1) is 0 Å². The van der Waals surface area contributed by atoms with Crippen LogP contribution in [0.2, 0.25) is 5.04 Å². The van der Waals surface area contributed by atoms with Crippen molar-refractivity contribution in [2.45, 2.75) is 58.1 Å². The van der Waals surface area contributed by atoms with E-state index in [1.807, 2.05) is 60.7 Å². The first-order valence-corrected chi connectivity index (χ1v) is 11.6. The zero-order valence-corrected chi connectivity index (χ0v) is 18.2. The maximum Gasteiger partial charge on any atom is 0.258 e. The van der Waals surface area contributed by atoms with Gasteiger partial charge in [0.1, 0.15) is 5.60 Å². The smallest absolute Gasteiger partial charge is 0.258 e. The summed E-state index contributed by atoms with van der Waals surface area (Å²) in [7, 11) is -3.07. The zero-order valence-electron chi connectivity index (χ0n) is 17.2. The van der Waals surface area contributed by atoms with Crippen LogP contribution in [0.1, 0.15) is 47.5 Å². The van der Waals surface area contributed by atoms with Crippen LogP contribution in [0.4, 0.5) is 0 Å². The van der Waals surface area contributed by atoms with Crippen LogP contribution >= 0.6 is 0 Å². The molecule has 3 heteroatoms. The lowest BCUT2D eigenvalue weighted by molar-refractivity contribution is 0.0432. The first-order chi connectivity index (χ1) is 12.7. The van der Waals surface area contributed by atoms with Gasteiger partial charge in [-0.3, -0.25) is 0 Å². The van der Waals surface area contributed by atoms with Gasteiger partial charge in [0, 0.05) is 0 Å². The minimum absolute atomic E-state index is 0.0219. The Balaban J connectivity index is 2.56. The number of hydrogen-bond acceptors (Lipinski definition) is 2. The molecule has 2 nitrogen and oxygen atoms in total. The van der Waals surface area contributed by atoms with E-state index < -0.39 is 19.0 Å². The Morgan fingerprint density at radius 2 is 1.37 bits per heavy atom. The molecule has 0 aliphatic heterocycles. The van der Waals surface area contributed by atoms with Crippen molar-refractivity contribution in [3.63, 3.8) is 0 Å². The molecule has 2 aromatic carbocycles. The van der Waals surface area contributed by atoms with Crippen LogP contribution in [0, 0.1) is 17.8 Å². The number of hydrogen-bond donors (Lipinski definition) is 2. The zero-order chi connectivity index (χ0) is 20.1. The van der Waals surface area contributed by atoms with Gasteiger partial charge < -0.3 is 9.90 Å². The SMILES string of the molecule is CC#CC(C)(O)[C@@H](CC)CC(C)(C)[Si](O)(c1ccccc1)c1ccccc1. The van der Waals surface area contributed by atoms with Crippen LogP contribution < -0.4 is 10.4 Å². The maximum atomic E-state index is 12.2. The highest BCUT2D eigenvalue weighted by Crippen LogP contribution is 2.44. The molecule has 27 heavy (non-hydrogen) atoms. The summed E-state index contributed by atoms with van der Waals surface area (Å²) < 4.78 is 0. The molecule has 0 radical (unpaired) electrons. The van der Waals surface area contributed by atoms with Crippen molar-refractivity contribution in [2.75, 3.05) is 0 Å². The molecule has 0 heterocycles. The third-order valence-electron chi connectivity index (χ3n) is 5.79. The lowest BCUT2D eigenvalue weighted by atomic mass is 9.81. The maximum absolute atomic E-state index is 12.2. The predicted octanol–water partition coefficient (Wildman–Crippen LogP) is 3.71. The Hall–Kier alpha value is -1.86. The fourth-order valence-corrected chi connectivity index (χ4v) is 7.95. The highest BCUT2D eigenvalue weighted by atomic mass is 28.4. The molecule has 0 aliphatic rings. The summed E-state index contributed by atoms with van der Waals surface area (Å²) in [4.78, 5) is 12.2. The Bertz CT molecular complexity index is 746. The summed E-state index contributed by atoms with van der Waals surface area (Å²) >= 11 is 0. The highest BCUT2D eigenvalue weighted by molar-refractivity contribution is 6.98. The second-order valence-corrected chi connectivity index (χ2v) is 12.1. The number of rotatable bonds is 7. The standard InChI is InChI=1S/C24H32O2Si/c1-6-18-24(5,25)20(7-2)19-23(3,4)27(26,21-14-10-8-11-15-21)22-16-12-9-13-17-22/h8-17,20,25-26H,7,19H2,1-5H3/t20-,24?/m0/s1. The van der Waals surface area contributed by atoms with E-state index in [0.29, 0.717) is 6.42 Å². The largest absolute Gasteiger partial charge is 0.424 e. The highest BCUT2D eigenvalue weighted by Gasteiger charge is 2.51. The molecule has 0 spiro atoms. The van der Waals surface area contributed by atoms with Crippen molar-refractivity contribution in [3.8, 4) is 11.8 Å². The van der Waals surface area contributed by atoms with Crippen molar-refractivity contribution >= 4 is 18.7 Å². The van der Waals surface area contributed by atoms with Gasteiger partial charge in [0.2, 0.25) is 0 Å². The van der Waals surface area contributed by atoms with E-state index in [1.54, 1.807) is 13.8 Å². The fraction of sp³-hybridized carbons (Fsp3) is 0.417. The van der Waals surface area contributed by atoms with E-state index in [-0.39, 0.29) is 5.92 Å². The molecule has 0 fully saturated rings. The summed E-state index contributed by atoms with van der Waals surface area (Å²) in [6, 6.07) is 20.0. The van der Waals surface area contributed by atoms with Gasteiger partial charge >= 0.3 is 0 Å². The minimum Gasteiger partial charge on any atom is -0.424 e. The molecular weight excluding hydrogens is 348 g/mol. The van der Waals surface area contributed by atoms with Crippen molar-refractivity contribution < 1.29 is 9.90 Å².